The van der Waals surface area contributed by atoms with Gasteiger partial charge in [0.1, 0.15) is 5.82 Å². The van der Waals surface area contributed by atoms with Gasteiger partial charge >= 0.3 is 6.18 Å². The van der Waals surface area contributed by atoms with Crippen molar-refractivity contribution in [3.05, 3.63) is 35.1 Å². The molecule has 1 aromatic heterocycles. The number of ether oxygens (including phenoxy) is 1. The molecule has 2 rings (SSSR count). The minimum atomic E-state index is -4.61. The summed E-state index contributed by atoms with van der Waals surface area (Å²) in [5.74, 6) is -0.944. The van der Waals surface area contributed by atoms with E-state index in [4.69, 9.17) is 4.74 Å². The highest BCUT2D eigenvalue weighted by atomic mass is 32.1. The quantitative estimate of drug-likeness (QED) is 0.763. The summed E-state index contributed by atoms with van der Waals surface area (Å²) in [7, 11) is 0. The van der Waals surface area contributed by atoms with Crippen molar-refractivity contribution in [3.63, 3.8) is 0 Å². The molecule has 0 aliphatic carbocycles. The van der Waals surface area contributed by atoms with Gasteiger partial charge in [-0.1, -0.05) is 16.4 Å². The number of hydrogen-bond acceptors (Lipinski definition) is 5. The molecule has 1 aromatic carbocycles. The van der Waals surface area contributed by atoms with Gasteiger partial charge in [0.25, 0.3) is 11.1 Å². The van der Waals surface area contributed by atoms with Crippen LogP contribution in [0.4, 0.5) is 23.2 Å². The summed E-state index contributed by atoms with van der Waals surface area (Å²) in [4.78, 5) is 13.6. The molecule has 0 aliphatic heterocycles. The van der Waals surface area contributed by atoms with Crippen molar-refractivity contribution in [2.75, 3.05) is 11.5 Å². The molecule has 0 aliphatic rings. The molecule has 2 aromatic rings. The van der Waals surface area contributed by atoms with Crippen LogP contribution >= 0.6 is 11.3 Å². The first-order chi connectivity index (χ1) is 11.2. The van der Waals surface area contributed by atoms with Gasteiger partial charge in [0.05, 0.1) is 0 Å². The van der Waals surface area contributed by atoms with E-state index in [1.54, 1.807) is 13.8 Å². The first-order valence-electron chi connectivity index (χ1n) is 6.79. The van der Waals surface area contributed by atoms with Crippen LogP contribution in [0.1, 0.15) is 18.9 Å². The zero-order valence-corrected chi connectivity index (χ0v) is 13.5. The molecule has 5 nitrogen and oxygen atoms in total. The molecule has 10 heteroatoms. The van der Waals surface area contributed by atoms with E-state index in [1.807, 2.05) is 0 Å². The summed E-state index contributed by atoms with van der Waals surface area (Å²) in [6, 6.07) is 5.02. The maximum atomic E-state index is 13.0. The van der Waals surface area contributed by atoms with E-state index >= 15 is 0 Å². The maximum absolute atomic E-state index is 13.0. The van der Waals surface area contributed by atoms with Crippen LogP contribution in [0.3, 0.4) is 0 Å². The third-order valence-electron chi connectivity index (χ3n) is 2.86. The molecule has 0 bridgehead atoms. The van der Waals surface area contributed by atoms with Crippen LogP contribution < -0.4 is 9.64 Å². The molecule has 0 saturated carbocycles. The summed E-state index contributed by atoms with van der Waals surface area (Å²) in [6.45, 7) is 2.98. The summed E-state index contributed by atoms with van der Waals surface area (Å²) in [5.41, 5.74) is 0.452. The SMILES string of the molecule is CC(C)N(C(=O)COc1nnc(C(F)(F)F)s1)c1ccc(F)cc1. The molecular weight excluding hydrogens is 350 g/mol. The van der Waals surface area contributed by atoms with Gasteiger partial charge in [0.2, 0.25) is 5.01 Å². The normalized spacial score (nSPS) is 11.6. The Kier molecular flexibility index (Phi) is 5.37. The second-order valence-electron chi connectivity index (χ2n) is 4.99. The van der Waals surface area contributed by atoms with Gasteiger partial charge in [0, 0.05) is 11.7 Å². The molecule has 0 radical (unpaired) electrons. The highest BCUT2D eigenvalue weighted by Crippen LogP contribution is 2.33. The van der Waals surface area contributed by atoms with Crippen LogP contribution in [0.2, 0.25) is 0 Å². The van der Waals surface area contributed by atoms with Gasteiger partial charge in [0.15, 0.2) is 6.61 Å². The minimum Gasteiger partial charge on any atom is -0.459 e. The van der Waals surface area contributed by atoms with E-state index in [0.29, 0.717) is 5.69 Å². The number of rotatable bonds is 5. The van der Waals surface area contributed by atoms with Gasteiger partial charge in [-0.05, 0) is 38.1 Å². The lowest BCUT2D eigenvalue weighted by atomic mass is 10.2. The van der Waals surface area contributed by atoms with Gasteiger partial charge in [-0.2, -0.15) is 13.2 Å². The molecule has 0 N–H and O–H groups in total. The largest absolute Gasteiger partial charge is 0.459 e. The zero-order valence-electron chi connectivity index (χ0n) is 12.7. The Morgan fingerprint density at radius 1 is 1.25 bits per heavy atom. The average molecular weight is 363 g/mol. The number of benzene rings is 1. The summed E-state index contributed by atoms with van der Waals surface area (Å²) in [5, 5.41) is 4.72. The zero-order chi connectivity index (χ0) is 17.9. The molecule has 130 valence electrons. The predicted molar refractivity (Wildman–Crippen MR) is 79.4 cm³/mol. The van der Waals surface area contributed by atoms with Gasteiger partial charge < -0.3 is 9.64 Å². The Hall–Kier alpha value is -2.23. The highest BCUT2D eigenvalue weighted by Gasteiger charge is 2.36. The van der Waals surface area contributed by atoms with Gasteiger partial charge in [-0.15, -0.1) is 5.10 Å². The molecule has 24 heavy (non-hydrogen) atoms. The van der Waals surface area contributed by atoms with E-state index in [0.717, 1.165) is 0 Å². The molecule has 0 unspecified atom stereocenters. The monoisotopic (exact) mass is 363 g/mol. The van der Waals surface area contributed by atoms with Gasteiger partial charge in [-0.25, -0.2) is 4.39 Å². The molecule has 0 spiro atoms. The lowest BCUT2D eigenvalue weighted by molar-refractivity contribution is -0.138. The number of halogens is 4. The summed E-state index contributed by atoms with van der Waals surface area (Å²) in [6.07, 6.45) is -4.61. The number of hydrogen-bond donors (Lipinski definition) is 0. The smallest absolute Gasteiger partial charge is 0.445 e. The molecule has 1 heterocycles. The van der Waals surface area contributed by atoms with E-state index in [2.05, 4.69) is 10.2 Å². The third-order valence-corrected chi connectivity index (χ3v) is 3.74. The Balaban J connectivity index is 2.06. The van der Waals surface area contributed by atoms with Crippen LogP contribution in [-0.4, -0.2) is 28.8 Å². The van der Waals surface area contributed by atoms with Crippen molar-refractivity contribution in [1.29, 1.82) is 0 Å². The maximum Gasteiger partial charge on any atom is 0.445 e. The van der Waals surface area contributed by atoms with Gasteiger partial charge in [-0.3, -0.25) is 4.79 Å². The predicted octanol–water partition coefficient (Wildman–Crippen LogP) is 3.52. The number of alkyl halides is 3. The van der Waals surface area contributed by atoms with Crippen molar-refractivity contribution in [2.24, 2.45) is 0 Å². The fourth-order valence-electron chi connectivity index (χ4n) is 1.91. The number of carbonyl (C=O) groups is 1. The molecule has 0 fully saturated rings. The number of anilines is 1. The highest BCUT2D eigenvalue weighted by molar-refractivity contribution is 7.13. The van der Waals surface area contributed by atoms with Crippen LogP contribution in [0.15, 0.2) is 24.3 Å². The van der Waals surface area contributed by atoms with Crippen LogP contribution in [0.5, 0.6) is 5.19 Å². The van der Waals surface area contributed by atoms with E-state index in [9.17, 15) is 22.4 Å². The fourth-order valence-corrected chi connectivity index (χ4v) is 2.47. The van der Waals surface area contributed by atoms with Crippen molar-refractivity contribution >= 4 is 22.9 Å². The number of nitrogens with zero attached hydrogens (tertiary/aromatic N) is 3. The van der Waals surface area contributed by atoms with E-state index in [-0.39, 0.29) is 22.6 Å². The molecule has 0 saturated heterocycles. The topological polar surface area (TPSA) is 55.3 Å². The van der Waals surface area contributed by atoms with E-state index < -0.39 is 29.5 Å². The Bertz CT molecular complexity index is 701. The lowest BCUT2D eigenvalue weighted by Crippen LogP contribution is -2.40. The fraction of sp³-hybridized carbons (Fsp3) is 0.357. The first kappa shape index (κ1) is 18.1. The molecule has 1 amide bonds. The third kappa shape index (κ3) is 4.40. The number of carbonyl (C=O) groups excluding carboxylic acids is 1. The first-order valence-corrected chi connectivity index (χ1v) is 7.61. The van der Waals surface area contributed by atoms with Crippen LogP contribution in [0, 0.1) is 5.82 Å². The van der Waals surface area contributed by atoms with Crippen LogP contribution in [0.25, 0.3) is 0 Å². The summed E-state index contributed by atoms with van der Waals surface area (Å²) < 4.78 is 55.3. The Morgan fingerprint density at radius 2 is 1.88 bits per heavy atom. The van der Waals surface area contributed by atoms with Crippen LogP contribution in [-0.2, 0) is 11.0 Å². The second-order valence-corrected chi connectivity index (χ2v) is 5.93. The lowest BCUT2D eigenvalue weighted by Gasteiger charge is -2.26. The van der Waals surface area contributed by atoms with E-state index in [1.165, 1.54) is 29.2 Å². The second kappa shape index (κ2) is 7.12. The standard InChI is InChI=1S/C14H13F4N3O2S/c1-8(2)21(10-5-3-9(15)4-6-10)11(22)7-23-13-20-19-12(24-13)14(16,17)18/h3-6,8H,7H2,1-2H3. The average Bonchev–Trinajstić information content (AvgIpc) is 2.96. The number of amides is 1. The van der Waals surface area contributed by atoms with Crippen molar-refractivity contribution < 1.29 is 27.1 Å². The molecular formula is C14H13F4N3O2S. The molecule has 0 atom stereocenters. The van der Waals surface area contributed by atoms with Crippen molar-refractivity contribution in [1.82, 2.24) is 10.2 Å². The number of aromatic nitrogens is 2. The minimum absolute atomic E-state index is 0.210. The van der Waals surface area contributed by atoms with Crippen molar-refractivity contribution in [3.8, 4) is 5.19 Å². The van der Waals surface area contributed by atoms with Crippen molar-refractivity contribution in [2.45, 2.75) is 26.1 Å². The summed E-state index contributed by atoms with van der Waals surface area (Å²) >= 11 is 0.210. The Labute approximate surface area is 138 Å². The Morgan fingerprint density at radius 3 is 2.38 bits per heavy atom.